The van der Waals surface area contributed by atoms with Crippen LogP contribution in [0, 0.1) is 12.3 Å². The van der Waals surface area contributed by atoms with Crippen LogP contribution >= 0.6 is 15.9 Å². The molecule has 0 saturated carbocycles. The first kappa shape index (κ1) is 13.7. The molecule has 1 unspecified atom stereocenters. The number of rotatable bonds is 5. The molecule has 1 aromatic rings. The van der Waals surface area contributed by atoms with Gasteiger partial charge in [0, 0.05) is 19.0 Å². The number of nitrogens with zero attached hydrogens (tertiary/aromatic N) is 2. The minimum Gasteiger partial charge on any atom is -0.396 e. The van der Waals surface area contributed by atoms with Gasteiger partial charge in [-0.3, -0.25) is 4.68 Å². The van der Waals surface area contributed by atoms with Crippen LogP contribution in [0.2, 0.25) is 0 Å². The monoisotopic (exact) mass is 289 g/mol. The summed E-state index contributed by atoms with van der Waals surface area (Å²) in [6.45, 7) is 4.61. The fraction of sp³-hybridized carbons (Fsp3) is 0.727. The Morgan fingerprint density at radius 1 is 1.56 bits per heavy atom. The van der Waals surface area contributed by atoms with E-state index in [0.717, 1.165) is 28.7 Å². The van der Waals surface area contributed by atoms with Crippen LogP contribution in [0.3, 0.4) is 0 Å². The van der Waals surface area contributed by atoms with Crippen LogP contribution in [0.25, 0.3) is 0 Å². The largest absolute Gasteiger partial charge is 0.396 e. The molecule has 0 spiro atoms. The summed E-state index contributed by atoms with van der Waals surface area (Å²) < 4.78 is 2.88. The highest BCUT2D eigenvalue weighted by Crippen LogP contribution is 2.30. The quantitative estimate of drug-likeness (QED) is 0.861. The first-order chi connectivity index (χ1) is 7.49. The zero-order valence-corrected chi connectivity index (χ0v) is 11.7. The molecule has 1 atom stereocenters. The summed E-state index contributed by atoms with van der Waals surface area (Å²) in [7, 11) is 1.92. The Labute approximate surface area is 105 Å². The lowest BCUT2D eigenvalue weighted by Crippen LogP contribution is -2.36. The van der Waals surface area contributed by atoms with Crippen molar-refractivity contribution in [1.82, 2.24) is 9.78 Å². The van der Waals surface area contributed by atoms with Crippen LogP contribution in [-0.2, 0) is 13.5 Å². The molecule has 0 aliphatic heterocycles. The zero-order chi connectivity index (χ0) is 12.3. The molecule has 1 aromatic heterocycles. The van der Waals surface area contributed by atoms with Gasteiger partial charge in [-0.1, -0.05) is 6.92 Å². The maximum absolute atomic E-state index is 9.50. The molecule has 1 rings (SSSR count). The Hall–Kier alpha value is -0.390. The van der Waals surface area contributed by atoms with Gasteiger partial charge >= 0.3 is 0 Å². The van der Waals surface area contributed by atoms with Crippen LogP contribution in [0.4, 0.5) is 0 Å². The lowest BCUT2D eigenvalue weighted by molar-refractivity contribution is 0.125. The molecule has 16 heavy (non-hydrogen) atoms. The zero-order valence-electron chi connectivity index (χ0n) is 10.1. The van der Waals surface area contributed by atoms with E-state index >= 15 is 0 Å². The second-order valence-corrected chi connectivity index (χ2v) is 5.16. The number of halogens is 1. The molecular weight excluding hydrogens is 270 g/mol. The molecule has 0 amide bonds. The third kappa shape index (κ3) is 2.47. The Morgan fingerprint density at radius 3 is 2.50 bits per heavy atom. The normalized spacial score (nSPS) is 15.1. The van der Waals surface area contributed by atoms with Gasteiger partial charge in [0.25, 0.3) is 0 Å². The van der Waals surface area contributed by atoms with Crippen molar-refractivity contribution in [2.24, 2.45) is 18.2 Å². The van der Waals surface area contributed by atoms with Crippen molar-refractivity contribution in [3.05, 3.63) is 15.9 Å². The lowest BCUT2D eigenvalue weighted by atomic mass is 9.81. The molecule has 92 valence electrons. The molecule has 5 heteroatoms. The summed E-state index contributed by atoms with van der Waals surface area (Å²) in [5, 5.41) is 13.8. The van der Waals surface area contributed by atoms with Crippen molar-refractivity contribution in [3.8, 4) is 0 Å². The van der Waals surface area contributed by atoms with Gasteiger partial charge in [-0.25, -0.2) is 0 Å². The van der Waals surface area contributed by atoms with E-state index in [9.17, 15) is 5.11 Å². The number of aromatic nitrogens is 2. The molecule has 0 radical (unpaired) electrons. The van der Waals surface area contributed by atoms with Crippen molar-refractivity contribution in [1.29, 1.82) is 0 Å². The maximum atomic E-state index is 9.50. The van der Waals surface area contributed by atoms with Gasteiger partial charge in [0.1, 0.15) is 0 Å². The molecule has 0 aromatic carbocycles. The van der Waals surface area contributed by atoms with Crippen LogP contribution < -0.4 is 5.73 Å². The first-order valence-corrected chi connectivity index (χ1v) is 6.28. The van der Waals surface area contributed by atoms with E-state index in [1.165, 1.54) is 0 Å². The van der Waals surface area contributed by atoms with Gasteiger partial charge in [-0.05, 0) is 35.7 Å². The highest BCUT2D eigenvalue weighted by Gasteiger charge is 2.29. The van der Waals surface area contributed by atoms with Gasteiger partial charge in [-0.2, -0.15) is 5.10 Å². The van der Waals surface area contributed by atoms with Crippen molar-refractivity contribution in [3.63, 3.8) is 0 Å². The Kier molecular flexibility index (Phi) is 4.52. The summed E-state index contributed by atoms with van der Waals surface area (Å²) >= 11 is 3.54. The van der Waals surface area contributed by atoms with Gasteiger partial charge in [0.05, 0.1) is 22.5 Å². The minimum absolute atomic E-state index is 0.108. The molecule has 1 heterocycles. The molecule has 0 saturated heterocycles. The van der Waals surface area contributed by atoms with Crippen LogP contribution in [-0.4, -0.2) is 28.0 Å². The number of hydrogen-bond donors (Lipinski definition) is 2. The highest BCUT2D eigenvalue weighted by molar-refractivity contribution is 9.10. The number of aliphatic hydroxyl groups excluding tert-OH is 1. The standard InChI is InChI=1S/C11H20BrN3O/c1-4-11(6-13,7-16)5-9-10(12)8(2)14-15(9)3/h16H,4-7,13H2,1-3H3. The molecular formula is C11H20BrN3O. The second-order valence-electron chi connectivity index (χ2n) is 4.36. The third-order valence-corrected chi connectivity index (χ3v) is 4.35. The Bertz CT molecular complexity index is 350. The second kappa shape index (κ2) is 5.29. The van der Waals surface area contributed by atoms with Gasteiger partial charge in [0.15, 0.2) is 0 Å². The van der Waals surface area contributed by atoms with Crippen LogP contribution in [0.5, 0.6) is 0 Å². The van der Waals surface area contributed by atoms with Crippen molar-refractivity contribution in [2.75, 3.05) is 13.2 Å². The van der Waals surface area contributed by atoms with E-state index in [-0.39, 0.29) is 12.0 Å². The average Bonchev–Trinajstić information content (AvgIpc) is 2.52. The summed E-state index contributed by atoms with van der Waals surface area (Å²) in [4.78, 5) is 0. The van der Waals surface area contributed by atoms with E-state index in [1.807, 2.05) is 18.7 Å². The van der Waals surface area contributed by atoms with E-state index in [0.29, 0.717) is 6.54 Å². The van der Waals surface area contributed by atoms with Crippen LogP contribution in [0.15, 0.2) is 4.47 Å². The SMILES string of the molecule is CCC(CN)(CO)Cc1c(Br)c(C)nn1C. The molecule has 4 nitrogen and oxygen atoms in total. The van der Waals surface area contributed by atoms with E-state index < -0.39 is 0 Å². The molecule has 0 aliphatic rings. The fourth-order valence-electron chi connectivity index (χ4n) is 1.80. The number of hydrogen-bond acceptors (Lipinski definition) is 3. The molecule has 0 aliphatic carbocycles. The van der Waals surface area contributed by atoms with Gasteiger partial charge < -0.3 is 10.8 Å². The van der Waals surface area contributed by atoms with Crippen molar-refractivity contribution < 1.29 is 5.11 Å². The number of aliphatic hydroxyl groups is 1. The Balaban J connectivity index is 3.02. The molecule has 0 fully saturated rings. The molecule has 3 N–H and O–H groups in total. The summed E-state index contributed by atoms with van der Waals surface area (Å²) in [5.41, 5.74) is 7.61. The van der Waals surface area contributed by atoms with E-state index in [2.05, 4.69) is 28.0 Å². The van der Waals surface area contributed by atoms with Gasteiger partial charge in [0.2, 0.25) is 0 Å². The summed E-state index contributed by atoms with van der Waals surface area (Å²) in [6, 6.07) is 0. The topological polar surface area (TPSA) is 64.1 Å². The maximum Gasteiger partial charge on any atom is 0.0738 e. The van der Waals surface area contributed by atoms with E-state index in [1.54, 1.807) is 0 Å². The first-order valence-electron chi connectivity index (χ1n) is 5.48. The lowest BCUT2D eigenvalue weighted by Gasteiger charge is -2.29. The van der Waals surface area contributed by atoms with E-state index in [4.69, 9.17) is 5.73 Å². The smallest absolute Gasteiger partial charge is 0.0738 e. The predicted octanol–water partition coefficient (Wildman–Crippen LogP) is 1.38. The summed E-state index contributed by atoms with van der Waals surface area (Å²) in [5.74, 6) is 0. The minimum atomic E-state index is -0.233. The predicted molar refractivity (Wildman–Crippen MR) is 68.2 cm³/mol. The third-order valence-electron chi connectivity index (χ3n) is 3.32. The average molecular weight is 290 g/mol. The van der Waals surface area contributed by atoms with Crippen molar-refractivity contribution >= 4 is 15.9 Å². The van der Waals surface area contributed by atoms with Crippen molar-refractivity contribution in [2.45, 2.75) is 26.7 Å². The summed E-state index contributed by atoms with van der Waals surface area (Å²) in [6.07, 6.45) is 1.60. The Morgan fingerprint density at radius 2 is 2.19 bits per heavy atom. The molecule has 0 bridgehead atoms. The number of aryl methyl sites for hydroxylation is 2. The fourth-order valence-corrected chi connectivity index (χ4v) is 2.28. The van der Waals surface area contributed by atoms with Gasteiger partial charge in [-0.15, -0.1) is 0 Å². The number of nitrogens with two attached hydrogens (primary N) is 1. The highest BCUT2D eigenvalue weighted by atomic mass is 79.9. The van der Waals surface area contributed by atoms with Crippen LogP contribution in [0.1, 0.15) is 24.7 Å².